The van der Waals surface area contributed by atoms with Crippen LogP contribution in [0.1, 0.15) is 54.1 Å². The van der Waals surface area contributed by atoms with E-state index in [0.717, 1.165) is 34.6 Å². The van der Waals surface area contributed by atoms with Gasteiger partial charge in [-0.05, 0) is 61.2 Å². The molecule has 4 aromatic rings. The molecule has 0 spiro atoms. The van der Waals surface area contributed by atoms with Crippen molar-refractivity contribution >= 4 is 17.2 Å². The van der Waals surface area contributed by atoms with Crippen LogP contribution in [0, 0.1) is 6.92 Å². The Morgan fingerprint density at radius 1 is 0.968 bits per heavy atom. The van der Waals surface area contributed by atoms with E-state index in [-0.39, 0.29) is 5.91 Å². The van der Waals surface area contributed by atoms with Gasteiger partial charge in [0.25, 0.3) is 5.91 Å². The lowest BCUT2D eigenvalue weighted by Crippen LogP contribution is -2.11. The number of carbonyl (C=O) groups excluding carboxylic acids is 1. The second kappa shape index (κ2) is 9.61. The van der Waals surface area contributed by atoms with Crippen molar-refractivity contribution < 1.29 is 4.79 Å². The predicted octanol–water partition coefficient (Wildman–Crippen LogP) is 6.68. The van der Waals surface area contributed by atoms with Crippen LogP contribution in [0.3, 0.4) is 0 Å². The fraction of sp³-hybridized carbons (Fsp3) is 0.259. The minimum Gasteiger partial charge on any atom is -0.322 e. The van der Waals surface area contributed by atoms with Crippen LogP contribution in [0.15, 0.2) is 73.1 Å². The highest BCUT2D eigenvalue weighted by molar-refractivity contribution is 6.04. The molecule has 0 saturated carbocycles. The zero-order valence-electron chi connectivity index (χ0n) is 18.3. The molecule has 2 aromatic heterocycles. The molecule has 4 rings (SSSR count). The van der Waals surface area contributed by atoms with Crippen molar-refractivity contribution in [1.29, 1.82) is 0 Å². The van der Waals surface area contributed by atoms with Crippen LogP contribution < -0.4 is 5.32 Å². The molecule has 4 nitrogen and oxygen atoms in total. The number of aryl methyl sites for hydroxylation is 2. The zero-order chi connectivity index (χ0) is 21.6. The molecule has 1 amide bonds. The molecule has 0 saturated heterocycles. The zero-order valence-corrected chi connectivity index (χ0v) is 18.3. The lowest BCUT2D eigenvalue weighted by molar-refractivity contribution is 0.102. The first-order valence-corrected chi connectivity index (χ1v) is 11.1. The number of aromatic nitrogens is 2. The number of imidazole rings is 1. The first kappa shape index (κ1) is 20.9. The smallest absolute Gasteiger partial charge is 0.255 e. The first-order chi connectivity index (χ1) is 15.1. The summed E-state index contributed by atoms with van der Waals surface area (Å²) in [6.07, 6.45) is 10.1. The van der Waals surface area contributed by atoms with Crippen molar-refractivity contribution in [2.45, 2.75) is 46.0 Å². The highest BCUT2D eigenvalue weighted by Crippen LogP contribution is 2.23. The number of carbonyl (C=O) groups is 1. The summed E-state index contributed by atoms with van der Waals surface area (Å²) in [6, 6.07) is 19.9. The number of amides is 1. The van der Waals surface area contributed by atoms with Crippen molar-refractivity contribution in [2.24, 2.45) is 0 Å². The van der Waals surface area contributed by atoms with Crippen LogP contribution in [0.5, 0.6) is 0 Å². The van der Waals surface area contributed by atoms with E-state index in [1.54, 1.807) is 0 Å². The summed E-state index contributed by atoms with van der Waals surface area (Å²) in [5.74, 6) is -0.0892. The molecule has 4 heteroatoms. The standard InChI is InChI=1S/C27H29N3O/c1-3-4-5-6-9-21-10-12-23(13-11-21)27(31)28-24-16-14-22(15-17-24)25-19-30-18-7-8-20(2)26(30)29-25/h7-8,10-19H,3-6,9H2,1-2H3,(H,28,31). The molecule has 31 heavy (non-hydrogen) atoms. The lowest BCUT2D eigenvalue weighted by atomic mass is 10.0. The van der Waals surface area contributed by atoms with E-state index in [1.165, 1.54) is 31.2 Å². The number of pyridine rings is 1. The van der Waals surface area contributed by atoms with Crippen molar-refractivity contribution in [1.82, 2.24) is 9.38 Å². The van der Waals surface area contributed by atoms with Gasteiger partial charge in [-0.3, -0.25) is 4.79 Å². The summed E-state index contributed by atoms with van der Waals surface area (Å²) in [5.41, 5.74) is 6.79. The van der Waals surface area contributed by atoms with Gasteiger partial charge in [-0.1, -0.05) is 56.5 Å². The quantitative estimate of drug-likeness (QED) is 0.329. The molecule has 0 unspecified atom stereocenters. The van der Waals surface area contributed by atoms with E-state index in [0.29, 0.717) is 5.56 Å². The van der Waals surface area contributed by atoms with E-state index >= 15 is 0 Å². The van der Waals surface area contributed by atoms with Gasteiger partial charge in [0.05, 0.1) is 5.69 Å². The molecular weight excluding hydrogens is 382 g/mol. The van der Waals surface area contributed by atoms with Gasteiger partial charge in [0, 0.05) is 29.2 Å². The summed E-state index contributed by atoms with van der Waals surface area (Å²) >= 11 is 0. The second-order valence-electron chi connectivity index (χ2n) is 8.09. The molecule has 0 bridgehead atoms. The SMILES string of the molecule is CCCCCCc1ccc(C(=O)Nc2ccc(-c3cn4cccc(C)c4n3)cc2)cc1. The Morgan fingerprint density at radius 2 is 1.74 bits per heavy atom. The van der Waals surface area contributed by atoms with Gasteiger partial charge in [-0.25, -0.2) is 4.98 Å². The molecule has 2 aromatic carbocycles. The third-order valence-corrected chi connectivity index (χ3v) is 5.65. The number of nitrogens with one attached hydrogen (secondary N) is 1. The van der Waals surface area contributed by atoms with Gasteiger partial charge in [0.15, 0.2) is 0 Å². The number of nitrogens with zero attached hydrogens (tertiary/aromatic N) is 2. The predicted molar refractivity (Wildman–Crippen MR) is 128 cm³/mol. The van der Waals surface area contributed by atoms with Gasteiger partial charge >= 0.3 is 0 Å². The number of hydrogen-bond donors (Lipinski definition) is 1. The normalized spacial score (nSPS) is 11.0. The van der Waals surface area contributed by atoms with E-state index in [9.17, 15) is 4.79 Å². The maximum Gasteiger partial charge on any atom is 0.255 e. The summed E-state index contributed by atoms with van der Waals surface area (Å²) in [5, 5.41) is 2.99. The van der Waals surface area contributed by atoms with Crippen molar-refractivity contribution in [3.63, 3.8) is 0 Å². The molecule has 0 aliphatic rings. The third kappa shape index (κ3) is 5.02. The Kier molecular flexibility index (Phi) is 6.46. The van der Waals surface area contributed by atoms with Crippen LogP contribution in [-0.4, -0.2) is 15.3 Å². The minimum atomic E-state index is -0.0892. The van der Waals surface area contributed by atoms with Crippen LogP contribution in [-0.2, 0) is 6.42 Å². The topological polar surface area (TPSA) is 46.4 Å². The average molecular weight is 412 g/mol. The number of fused-ring (bicyclic) bond motifs is 1. The molecule has 158 valence electrons. The van der Waals surface area contributed by atoms with Crippen LogP contribution in [0.25, 0.3) is 16.9 Å². The van der Waals surface area contributed by atoms with Crippen LogP contribution in [0.4, 0.5) is 5.69 Å². The molecule has 1 N–H and O–H groups in total. The number of anilines is 1. The van der Waals surface area contributed by atoms with Crippen molar-refractivity contribution in [3.05, 3.63) is 89.7 Å². The Balaban J connectivity index is 1.39. The van der Waals surface area contributed by atoms with Crippen molar-refractivity contribution in [2.75, 3.05) is 5.32 Å². The molecular formula is C27H29N3O. The summed E-state index contributed by atoms with van der Waals surface area (Å²) < 4.78 is 2.04. The second-order valence-corrected chi connectivity index (χ2v) is 8.09. The van der Waals surface area contributed by atoms with Gasteiger partial charge in [-0.2, -0.15) is 0 Å². The van der Waals surface area contributed by atoms with E-state index in [1.807, 2.05) is 59.3 Å². The molecule has 0 fully saturated rings. The molecule has 2 heterocycles. The first-order valence-electron chi connectivity index (χ1n) is 11.1. The van der Waals surface area contributed by atoms with Crippen molar-refractivity contribution in [3.8, 4) is 11.3 Å². The largest absolute Gasteiger partial charge is 0.322 e. The molecule has 0 atom stereocenters. The molecule has 0 radical (unpaired) electrons. The van der Waals surface area contributed by atoms with Crippen LogP contribution >= 0.6 is 0 Å². The lowest BCUT2D eigenvalue weighted by Gasteiger charge is -2.07. The number of rotatable bonds is 8. The Bertz CT molecular complexity index is 1160. The minimum absolute atomic E-state index is 0.0892. The van der Waals surface area contributed by atoms with Gasteiger partial charge in [0.2, 0.25) is 0 Å². The maximum atomic E-state index is 12.6. The summed E-state index contributed by atoms with van der Waals surface area (Å²) in [6.45, 7) is 4.28. The van der Waals surface area contributed by atoms with Gasteiger partial charge < -0.3 is 9.72 Å². The van der Waals surface area contributed by atoms with E-state index < -0.39 is 0 Å². The third-order valence-electron chi connectivity index (χ3n) is 5.65. The number of benzene rings is 2. The fourth-order valence-electron chi connectivity index (χ4n) is 3.80. The van der Waals surface area contributed by atoms with Crippen LogP contribution in [0.2, 0.25) is 0 Å². The highest BCUT2D eigenvalue weighted by atomic mass is 16.1. The van der Waals surface area contributed by atoms with Gasteiger partial charge in [-0.15, -0.1) is 0 Å². The fourth-order valence-corrected chi connectivity index (χ4v) is 3.80. The Hall–Kier alpha value is -3.40. The van der Waals surface area contributed by atoms with E-state index in [2.05, 4.69) is 37.4 Å². The summed E-state index contributed by atoms with van der Waals surface area (Å²) in [4.78, 5) is 17.3. The maximum absolute atomic E-state index is 12.6. The summed E-state index contributed by atoms with van der Waals surface area (Å²) in [7, 11) is 0. The molecule has 0 aliphatic heterocycles. The van der Waals surface area contributed by atoms with E-state index in [4.69, 9.17) is 4.98 Å². The van der Waals surface area contributed by atoms with Gasteiger partial charge in [0.1, 0.15) is 5.65 Å². The number of unbranched alkanes of at least 4 members (excludes halogenated alkanes) is 3. The number of hydrogen-bond acceptors (Lipinski definition) is 2. The Labute approximate surface area is 184 Å². The molecule has 0 aliphatic carbocycles. The highest BCUT2D eigenvalue weighted by Gasteiger charge is 2.09. The average Bonchev–Trinajstić information content (AvgIpc) is 3.23. The Morgan fingerprint density at radius 3 is 2.45 bits per heavy atom. The monoisotopic (exact) mass is 411 g/mol.